The molecule has 0 aromatic carbocycles. The van der Waals surface area contributed by atoms with Crippen molar-refractivity contribution >= 4 is 20.0 Å². The number of ether oxygens (including phenoxy) is 2. The molecule has 42 heavy (non-hydrogen) atoms. The number of aliphatic hydroxyl groups is 2. The molecule has 1 unspecified atom stereocenters. The van der Waals surface area contributed by atoms with Gasteiger partial charge in [0.1, 0.15) is 11.7 Å². The molecule has 4 atom stereocenters. The fraction of sp³-hybridized carbons (Fsp3) is 0.857. The summed E-state index contributed by atoms with van der Waals surface area (Å²) in [7, 11) is -4.52. The molecule has 0 saturated carbocycles. The predicted molar refractivity (Wildman–Crippen MR) is 165 cm³/mol. The molecule has 1 heterocycles. The van der Waals surface area contributed by atoms with Gasteiger partial charge in [-0.25, -0.2) is 4.57 Å². The Hall–Kier alpha value is -0.990. The minimum Gasteiger partial charge on any atom is -0.394 e. The first-order chi connectivity index (χ1) is 19.9. The number of unbranched alkanes of at least 4 members (excludes halogenated alkanes) is 11. The number of phosphoric acid groups is 1. The topological polar surface area (TPSA) is 178 Å². The van der Waals surface area contributed by atoms with Crippen LogP contribution in [-0.4, -0.2) is 75.4 Å². The summed E-state index contributed by atoms with van der Waals surface area (Å²) in [6, 6.07) is 0.571. The van der Waals surface area contributed by atoms with E-state index in [9.17, 15) is 24.5 Å². The number of aromatic amines is 1. The fourth-order valence-electron chi connectivity index (χ4n) is 4.23. The minimum absolute atomic E-state index is 0.0154. The summed E-state index contributed by atoms with van der Waals surface area (Å²) < 4.78 is 34.9. The normalized spacial score (nSPS) is 15.8. The van der Waals surface area contributed by atoms with E-state index in [4.69, 9.17) is 36.5 Å². The maximum absolute atomic E-state index is 12.4. The summed E-state index contributed by atoms with van der Waals surface area (Å²) in [5.41, 5.74) is 4.00. The largest absolute Gasteiger partial charge is 0.472 e. The van der Waals surface area contributed by atoms with E-state index in [-0.39, 0.29) is 18.0 Å². The van der Waals surface area contributed by atoms with Crippen LogP contribution in [-0.2, 0) is 23.1 Å². The quantitative estimate of drug-likeness (QED) is 0.0538. The van der Waals surface area contributed by atoms with E-state index in [1.54, 1.807) is 0 Å². The molecule has 0 spiro atoms. The SMILES string of the molecule is CCCCCCCCCCCCCCOC[C@H](N)COP(=O)(O)OC[C@H](CO)O[C@@H](n1ccc(=O)[nH]c1=S)C(C)(C)O. The molecule has 0 saturated heterocycles. The maximum Gasteiger partial charge on any atom is 0.472 e. The predicted octanol–water partition coefficient (Wildman–Crippen LogP) is 4.73. The Morgan fingerprint density at radius 2 is 1.55 bits per heavy atom. The summed E-state index contributed by atoms with van der Waals surface area (Å²) in [6.45, 7) is 4.47. The molecular weight excluding hydrogens is 585 g/mol. The third kappa shape index (κ3) is 18.0. The fourth-order valence-corrected chi connectivity index (χ4v) is 5.30. The molecule has 1 rings (SSSR count). The second-order valence-corrected chi connectivity index (χ2v) is 13.1. The number of rotatable bonds is 26. The number of aliphatic hydroxyl groups excluding tert-OH is 1. The highest BCUT2D eigenvalue weighted by molar-refractivity contribution is 7.71. The first kappa shape index (κ1) is 39.0. The van der Waals surface area contributed by atoms with E-state index in [2.05, 4.69) is 11.9 Å². The van der Waals surface area contributed by atoms with E-state index in [0.717, 1.165) is 12.8 Å². The van der Waals surface area contributed by atoms with Crippen molar-refractivity contribution in [1.29, 1.82) is 0 Å². The molecule has 0 aliphatic rings. The number of H-pyrrole nitrogens is 1. The van der Waals surface area contributed by atoms with E-state index < -0.39 is 50.6 Å². The van der Waals surface area contributed by atoms with Gasteiger partial charge in [0.25, 0.3) is 5.56 Å². The van der Waals surface area contributed by atoms with Crippen LogP contribution < -0.4 is 11.3 Å². The van der Waals surface area contributed by atoms with E-state index >= 15 is 0 Å². The number of hydrogen-bond donors (Lipinski definition) is 5. The Balaban J connectivity index is 2.27. The standard InChI is InChI=1S/C28H54N3O9PS/c1-4-5-6-7-8-9-10-11-12-13-14-15-18-37-20-23(29)21-38-41(35,36)39-22-24(19-32)40-26(28(2,3)34)31-17-16-25(33)30-27(31)42/h16-17,23-24,26,32,34H,4-15,18-22,29H2,1-3H3,(H,35,36)(H,30,33,42)/t23-,24-,26+/m0/s1. The van der Waals surface area contributed by atoms with E-state index in [0.29, 0.717) is 6.61 Å². The van der Waals surface area contributed by atoms with Gasteiger partial charge < -0.3 is 30.3 Å². The average Bonchev–Trinajstić information content (AvgIpc) is 2.92. The van der Waals surface area contributed by atoms with Crippen LogP contribution in [0.2, 0.25) is 0 Å². The molecule has 0 aliphatic carbocycles. The summed E-state index contributed by atoms with van der Waals surface area (Å²) >= 11 is 5.14. The Morgan fingerprint density at radius 1 is 1.00 bits per heavy atom. The number of nitrogens with two attached hydrogens (primary N) is 1. The van der Waals surface area contributed by atoms with Crippen LogP contribution in [0.15, 0.2) is 17.1 Å². The highest BCUT2D eigenvalue weighted by Gasteiger charge is 2.33. The van der Waals surface area contributed by atoms with Crippen molar-refractivity contribution in [2.24, 2.45) is 5.73 Å². The summed E-state index contributed by atoms with van der Waals surface area (Å²) in [6.07, 6.45) is 14.2. The minimum atomic E-state index is -4.52. The first-order valence-electron chi connectivity index (χ1n) is 15.1. The number of hydrogen-bond acceptors (Lipinski definition) is 10. The maximum atomic E-state index is 12.4. The molecule has 14 heteroatoms. The Kier molecular flexibility index (Phi) is 20.1. The zero-order chi connectivity index (χ0) is 31.4. The van der Waals surface area contributed by atoms with Crippen molar-refractivity contribution in [3.05, 3.63) is 27.4 Å². The van der Waals surface area contributed by atoms with Gasteiger partial charge in [0.2, 0.25) is 0 Å². The third-order valence-corrected chi connectivity index (χ3v) is 7.85. The molecule has 12 nitrogen and oxygen atoms in total. The Morgan fingerprint density at radius 3 is 2.07 bits per heavy atom. The highest BCUT2D eigenvalue weighted by Crippen LogP contribution is 2.43. The number of nitrogens with zero attached hydrogens (tertiary/aromatic N) is 1. The van der Waals surface area contributed by atoms with Gasteiger partial charge in [-0.2, -0.15) is 0 Å². The smallest absolute Gasteiger partial charge is 0.394 e. The van der Waals surface area contributed by atoms with Crippen molar-refractivity contribution in [2.75, 3.05) is 33.0 Å². The average molecular weight is 640 g/mol. The summed E-state index contributed by atoms with van der Waals surface area (Å²) in [5.74, 6) is 0. The van der Waals surface area contributed by atoms with E-state index in [1.165, 1.54) is 94.9 Å². The van der Waals surface area contributed by atoms with Gasteiger partial charge in [-0.1, -0.05) is 77.6 Å². The molecule has 246 valence electrons. The first-order valence-corrected chi connectivity index (χ1v) is 17.0. The molecule has 1 aromatic heterocycles. The number of phosphoric ester groups is 1. The number of nitrogens with one attached hydrogen (secondary N) is 1. The molecule has 0 aliphatic heterocycles. The van der Waals surface area contributed by atoms with Gasteiger partial charge in [-0.05, 0) is 32.5 Å². The molecule has 6 N–H and O–H groups in total. The molecule has 0 bridgehead atoms. The lowest BCUT2D eigenvalue weighted by Crippen LogP contribution is -2.40. The molecule has 1 aromatic rings. The van der Waals surface area contributed by atoms with Gasteiger partial charge in [0.05, 0.1) is 32.5 Å². The Bertz CT molecular complexity index is 1000. The van der Waals surface area contributed by atoms with Gasteiger partial charge >= 0.3 is 7.82 Å². The van der Waals surface area contributed by atoms with Crippen LogP contribution in [0.4, 0.5) is 0 Å². The monoisotopic (exact) mass is 639 g/mol. The lowest BCUT2D eigenvalue weighted by molar-refractivity contribution is -0.173. The number of aromatic nitrogens is 2. The Labute approximate surface area is 255 Å². The van der Waals surface area contributed by atoms with Gasteiger partial charge in [-0.3, -0.25) is 23.4 Å². The lowest BCUT2D eigenvalue weighted by atomic mass is 10.1. The van der Waals surface area contributed by atoms with Crippen molar-refractivity contribution in [2.45, 2.75) is 122 Å². The van der Waals surface area contributed by atoms with E-state index in [1.807, 2.05) is 0 Å². The molecule has 0 fully saturated rings. The summed E-state index contributed by atoms with van der Waals surface area (Å²) in [5, 5.41) is 20.3. The van der Waals surface area contributed by atoms with Crippen molar-refractivity contribution < 1.29 is 38.2 Å². The van der Waals surface area contributed by atoms with Crippen LogP contribution in [0.1, 0.15) is 104 Å². The van der Waals surface area contributed by atoms with Crippen LogP contribution >= 0.6 is 20.0 Å². The zero-order valence-corrected chi connectivity index (χ0v) is 27.3. The molecular formula is C28H54N3O9PS. The third-order valence-electron chi connectivity index (χ3n) is 6.58. The molecule has 0 amide bonds. The van der Waals surface area contributed by atoms with Crippen molar-refractivity contribution in [3.8, 4) is 0 Å². The van der Waals surface area contributed by atoms with Gasteiger partial charge in [0, 0.05) is 18.9 Å². The van der Waals surface area contributed by atoms with Crippen molar-refractivity contribution in [1.82, 2.24) is 9.55 Å². The van der Waals surface area contributed by atoms with Gasteiger partial charge in [-0.15, -0.1) is 0 Å². The van der Waals surface area contributed by atoms with Crippen LogP contribution in [0.3, 0.4) is 0 Å². The zero-order valence-electron chi connectivity index (χ0n) is 25.6. The van der Waals surface area contributed by atoms with Gasteiger partial charge in [0.15, 0.2) is 11.0 Å². The van der Waals surface area contributed by atoms with Crippen LogP contribution in [0.5, 0.6) is 0 Å². The van der Waals surface area contributed by atoms with Crippen molar-refractivity contribution in [3.63, 3.8) is 0 Å². The van der Waals surface area contributed by atoms with Crippen LogP contribution in [0.25, 0.3) is 0 Å². The highest BCUT2D eigenvalue weighted by atomic mass is 32.1. The van der Waals surface area contributed by atoms with Crippen LogP contribution in [0, 0.1) is 4.77 Å². The second kappa shape index (κ2) is 21.7. The second-order valence-electron chi connectivity index (χ2n) is 11.2. The lowest BCUT2D eigenvalue weighted by Gasteiger charge is -2.33. The summed E-state index contributed by atoms with van der Waals surface area (Å²) in [4.78, 5) is 24.0. The molecule has 0 radical (unpaired) electrons.